The SMILES string of the molecule is CC1(C)CC(=O)c2sc(NC(=O)c3ccc(CNc4ccccc4C(F)(F)F)cc3)nc2C1. The molecule has 1 heterocycles. The van der Waals surface area contributed by atoms with E-state index in [0.717, 1.165) is 17.3 Å². The number of aromatic nitrogens is 1. The van der Waals surface area contributed by atoms with Crippen molar-refractivity contribution in [1.82, 2.24) is 4.98 Å². The lowest BCUT2D eigenvalue weighted by atomic mass is 9.78. The van der Waals surface area contributed by atoms with Crippen LogP contribution < -0.4 is 10.6 Å². The summed E-state index contributed by atoms with van der Waals surface area (Å²) in [5, 5.41) is 5.92. The number of carbonyl (C=O) groups is 2. The fourth-order valence-corrected chi connectivity index (χ4v) is 4.71. The molecule has 33 heavy (non-hydrogen) atoms. The van der Waals surface area contributed by atoms with E-state index >= 15 is 0 Å². The van der Waals surface area contributed by atoms with Gasteiger partial charge in [0.05, 0.1) is 16.1 Å². The van der Waals surface area contributed by atoms with Crippen molar-refractivity contribution in [2.45, 2.75) is 39.4 Å². The number of benzene rings is 2. The van der Waals surface area contributed by atoms with Gasteiger partial charge in [0.15, 0.2) is 10.9 Å². The summed E-state index contributed by atoms with van der Waals surface area (Å²) in [6.07, 6.45) is -3.31. The van der Waals surface area contributed by atoms with E-state index in [1.54, 1.807) is 24.3 Å². The number of ketones is 1. The van der Waals surface area contributed by atoms with Crippen molar-refractivity contribution in [1.29, 1.82) is 0 Å². The highest BCUT2D eigenvalue weighted by Gasteiger charge is 2.34. The van der Waals surface area contributed by atoms with Crippen LogP contribution in [0.5, 0.6) is 0 Å². The Bertz CT molecular complexity index is 1200. The van der Waals surface area contributed by atoms with Crippen molar-refractivity contribution < 1.29 is 22.8 Å². The Morgan fingerprint density at radius 2 is 1.79 bits per heavy atom. The lowest BCUT2D eigenvalue weighted by molar-refractivity contribution is -0.137. The van der Waals surface area contributed by atoms with Crippen molar-refractivity contribution in [3.63, 3.8) is 0 Å². The van der Waals surface area contributed by atoms with Gasteiger partial charge in [-0.15, -0.1) is 0 Å². The number of para-hydroxylation sites is 1. The Labute approximate surface area is 193 Å². The van der Waals surface area contributed by atoms with Crippen molar-refractivity contribution >= 4 is 33.8 Å². The van der Waals surface area contributed by atoms with E-state index in [4.69, 9.17) is 0 Å². The van der Waals surface area contributed by atoms with Gasteiger partial charge in [-0.2, -0.15) is 13.2 Å². The minimum atomic E-state index is -4.44. The molecule has 0 saturated heterocycles. The maximum Gasteiger partial charge on any atom is 0.418 e. The van der Waals surface area contributed by atoms with E-state index in [9.17, 15) is 22.8 Å². The zero-order chi connectivity index (χ0) is 23.8. The molecule has 3 aromatic rings. The van der Waals surface area contributed by atoms with Gasteiger partial charge >= 0.3 is 6.18 Å². The van der Waals surface area contributed by atoms with Gasteiger partial charge in [-0.05, 0) is 41.7 Å². The molecular weight excluding hydrogens is 451 g/mol. The van der Waals surface area contributed by atoms with E-state index in [2.05, 4.69) is 15.6 Å². The summed E-state index contributed by atoms with van der Waals surface area (Å²) in [6, 6.07) is 11.8. The monoisotopic (exact) mass is 473 g/mol. The summed E-state index contributed by atoms with van der Waals surface area (Å²) in [5.41, 5.74) is 0.947. The predicted molar refractivity (Wildman–Crippen MR) is 122 cm³/mol. The van der Waals surface area contributed by atoms with Gasteiger partial charge in [0, 0.05) is 24.2 Å². The number of nitrogens with one attached hydrogen (secondary N) is 2. The number of halogens is 3. The molecular formula is C24H22F3N3O2S. The lowest BCUT2D eigenvalue weighted by Gasteiger charge is -2.26. The number of alkyl halides is 3. The number of hydrogen-bond acceptors (Lipinski definition) is 5. The first-order valence-corrected chi connectivity index (χ1v) is 11.2. The van der Waals surface area contributed by atoms with Crippen LogP contribution in [0.15, 0.2) is 48.5 Å². The van der Waals surface area contributed by atoms with Gasteiger partial charge in [-0.1, -0.05) is 49.4 Å². The zero-order valence-electron chi connectivity index (χ0n) is 18.0. The summed E-state index contributed by atoms with van der Waals surface area (Å²) in [5.74, 6) is -0.321. The molecule has 9 heteroatoms. The molecule has 2 aromatic carbocycles. The summed E-state index contributed by atoms with van der Waals surface area (Å²) >= 11 is 1.18. The Balaban J connectivity index is 1.40. The highest BCUT2D eigenvalue weighted by Crippen LogP contribution is 2.38. The molecule has 2 N–H and O–H groups in total. The van der Waals surface area contributed by atoms with E-state index in [0.29, 0.717) is 28.4 Å². The van der Waals surface area contributed by atoms with Crippen LogP contribution in [0.4, 0.5) is 24.0 Å². The second-order valence-electron chi connectivity index (χ2n) is 8.78. The highest BCUT2D eigenvalue weighted by molar-refractivity contribution is 7.17. The second-order valence-corrected chi connectivity index (χ2v) is 9.78. The molecule has 5 nitrogen and oxygen atoms in total. The molecule has 1 amide bonds. The molecule has 0 aliphatic heterocycles. The third kappa shape index (κ3) is 5.24. The maximum atomic E-state index is 13.1. The van der Waals surface area contributed by atoms with Crippen LogP contribution in [0.3, 0.4) is 0 Å². The fraction of sp³-hybridized carbons (Fsp3) is 0.292. The third-order valence-electron chi connectivity index (χ3n) is 5.39. The number of anilines is 2. The minimum Gasteiger partial charge on any atom is -0.380 e. The first kappa shape index (κ1) is 23.0. The maximum absolute atomic E-state index is 13.1. The van der Waals surface area contributed by atoms with Crippen LogP contribution in [0.1, 0.15) is 57.1 Å². The normalized spacial score (nSPS) is 15.1. The van der Waals surface area contributed by atoms with Crippen molar-refractivity contribution in [2.75, 3.05) is 10.6 Å². The number of fused-ring (bicyclic) bond motifs is 1. The summed E-state index contributed by atoms with van der Waals surface area (Å²) < 4.78 is 39.4. The minimum absolute atomic E-state index is 0.00252. The number of thiazole rings is 1. The molecule has 0 unspecified atom stereocenters. The van der Waals surface area contributed by atoms with Crippen LogP contribution in [0.2, 0.25) is 0 Å². The summed E-state index contributed by atoms with van der Waals surface area (Å²) in [6.45, 7) is 4.21. The summed E-state index contributed by atoms with van der Waals surface area (Å²) in [4.78, 5) is 30.0. The summed E-state index contributed by atoms with van der Waals surface area (Å²) in [7, 11) is 0. The quantitative estimate of drug-likeness (QED) is 0.464. The van der Waals surface area contributed by atoms with E-state index < -0.39 is 11.7 Å². The van der Waals surface area contributed by atoms with E-state index in [1.165, 1.54) is 29.5 Å². The van der Waals surface area contributed by atoms with Gasteiger partial charge in [-0.25, -0.2) is 4.98 Å². The van der Waals surface area contributed by atoms with Gasteiger partial charge < -0.3 is 5.32 Å². The molecule has 1 aliphatic rings. The average Bonchev–Trinajstić information content (AvgIpc) is 3.13. The standard InChI is InChI=1S/C24H22F3N3O2S/c1-23(2)11-18-20(19(31)12-23)33-22(29-18)30-21(32)15-9-7-14(8-10-15)13-28-17-6-4-3-5-16(17)24(25,26)27/h3-10,28H,11-13H2,1-2H3,(H,29,30,32). The van der Waals surface area contributed by atoms with Crippen LogP contribution >= 0.6 is 11.3 Å². The van der Waals surface area contributed by atoms with E-state index in [1.807, 2.05) is 13.8 Å². The number of amides is 1. The number of rotatable bonds is 5. The largest absolute Gasteiger partial charge is 0.418 e. The predicted octanol–water partition coefficient (Wildman–Crippen LogP) is 6.18. The van der Waals surface area contributed by atoms with Crippen molar-refractivity contribution in [2.24, 2.45) is 5.41 Å². The first-order chi connectivity index (χ1) is 15.5. The molecule has 1 aromatic heterocycles. The molecule has 0 radical (unpaired) electrons. The topological polar surface area (TPSA) is 71.1 Å². The number of carbonyl (C=O) groups excluding carboxylic acids is 2. The Morgan fingerprint density at radius 3 is 2.48 bits per heavy atom. The molecule has 0 atom stereocenters. The van der Waals surface area contributed by atoms with Crippen molar-refractivity contribution in [3.8, 4) is 0 Å². The molecule has 172 valence electrons. The smallest absolute Gasteiger partial charge is 0.380 e. The molecule has 4 rings (SSSR count). The Morgan fingerprint density at radius 1 is 1.09 bits per heavy atom. The third-order valence-corrected chi connectivity index (χ3v) is 6.44. The Kier molecular flexibility index (Phi) is 6.00. The molecule has 0 fully saturated rings. The first-order valence-electron chi connectivity index (χ1n) is 10.4. The average molecular weight is 474 g/mol. The van der Waals surface area contributed by atoms with Crippen LogP contribution in [-0.4, -0.2) is 16.7 Å². The van der Waals surface area contributed by atoms with Crippen LogP contribution in [0, 0.1) is 5.41 Å². The second kappa shape index (κ2) is 8.62. The molecule has 1 aliphatic carbocycles. The molecule has 0 saturated carbocycles. The number of hydrogen-bond donors (Lipinski definition) is 2. The lowest BCUT2D eigenvalue weighted by Crippen LogP contribution is -2.26. The molecule has 0 bridgehead atoms. The Hall–Kier alpha value is -3.20. The molecule has 0 spiro atoms. The van der Waals surface area contributed by atoms with Gasteiger partial charge in [-0.3, -0.25) is 14.9 Å². The van der Waals surface area contributed by atoms with Crippen molar-refractivity contribution in [3.05, 3.63) is 75.8 Å². The number of Topliss-reactive ketones (excluding diaryl/α,β-unsaturated/α-hetero) is 1. The van der Waals surface area contributed by atoms with Crippen LogP contribution in [0.25, 0.3) is 0 Å². The van der Waals surface area contributed by atoms with Gasteiger partial charge in [0.2, 0.25) is 0 Å². The van der Waals surface area contributed by atoms with E-state index in [-0.39, 0.29) is 29.3 Å². The number of nitrogens with zero attached hydrogens (tertiary/aromatic N) is 1. The zero-order valence-corrected chi connectivity index (χ0v) is 18.9. The van der Waals surface area contributed by atoms with Crippen LogP contribution in [-0.2, 0) is 19.1 Å². The highest BCUT2D eigenvalue weighted by atomic mass is 32.1. The van der Waals surface area contributed by atoms with Gasteiger partial charge in [0.1, 0.15) is 0 Å². The van der Waals surface area contributed by atoms with Gasteiger partial charge in [0.25, 0.3) is 5.91 Å². The fourth-order valence-electron chi connectivity index (χ4n) is 3.80.